The van der Waals surface area contributed by atoms with E-state index >= 15 is 0 Å². The Kier molecular flexibility index (Phi) is 5.54. The summed E-state index contributed by atoms with van der Waals surface area (Å²) in [6, 6.07) is 8.15. The molecule has 1 aromatic heterocycles. The average Bonchev–Trinajstić information content (AvgIpc) is 2.98. The Morgan fingerprint density at radius 3 is 2.67 bits per heavy atom. The second-order valence-corrected chi connectivity index (χ2v) is 9.58. The fourth-order valence-corrected chi connectivity index (χ4v) is 5.43. The van der Waals surface area contributed by atoms with Crippen molar-refractivity contribution in [1.29, 1.82) is 0 Å². The van der Waals surface area contributed by atoms with Crippen molar-refractivity contribution in [1.82, 2.24) is 9.29 Å². The molecule has 0 radical (unpaired) electrons. The zero-order chi connectivity index (χ0) is 17.2. The number of ether oxygens (including phenoxy) is 1. The van der Waals surface area contributed by atoms with Crippen molar-refractivity contribution in [2.24, 2.45) is 0 Å². The Morgan fingerprint density at radius 2 is 2.00 bits per heavy atom. The summed E-state index contributed by atoms with van der Waals surface area (Å²) in [6.07, 6.45) is 1.73. The standard InChI is InChI=1S/C17H24N2O3S2/c1-13(2)22-11-12-24(20,21)19-9-7-14(8-10-19)17-18-15-5-3-4-6-16(15)23-17/h3-6,13-14H,7-12H2,1-2H3. The van der Waals surface area contributed by atoms with E-state index in [-0.39, 0.29) is 18.5 Å². The van der Waals surface area contributed by atoms with Crippen LogP contribution in [0.2, 0.25) is 0 Å². The molecule has 0 atom stereocenters. The van der Waals surface area contributed by atoms with Gasteiger partial charge >= 0.3 is 0 Å². The normalized spacial score (nSPS) is 17.8. The van der Waals surface area contributed by atoms with Gasteiger partial charge in [-0.05, 0) is 38.8 Å². The van der Waals surface area contributed by atoms with Gasteiger partial charge in [-0.1, -0.05) is 12.1 Å². The topological polar surface area (TPSA) is 59.5 Å². The largest absolute Gasteiger partial charge is 0.378 e. The number of hydrogen-bond acceptors (Lipinski definition) is 5. The molecule has 2 heterocycles. The second kappa shape index (κ2) is 7.47. The Morgan fingerprint density at radius 1 is 1.29 bits per heavy atom. The van der Waals surface area contributed by atoms with Crippen LogP contribution >= 0.6 is 11.3 Å². The van der Waals surface area contributed by atoms with Gasteiger partial charge in [0, 0.05) is 19.0 Å². The van der Waals surface area contributed by atoms with Crippen LogP contribution in [0, 0.1) is 0 Å². The van der Waals surface area contributed by atoms with E-state index in [2.05, 4.69) is 6.07 Å². The molecule has 5 nitrogen and oxygen atoms in total. The summed E-state index contributed by atoms with van der Waals surface area (Å²) < 4.78 is 33.0. The third kappa shape index (κ3) is 4.14. The third-order valence-corrected chi connectivity index (χ3v) is 7.33. The van der Waals surface area contributed by atoms with Crippen LogP contribution in [0.3, 0.4) is 0 Å². The first-order chi connectivity index (χ1) is 11.5. The monoisotopic (exact) mass is 368 g/mol. The fourth-order valence-electron chi connectivity index (χ4n) is 2.96. The van der Waals surface area contributed by atoms with Gasteiger partial charge < -0.3 is 4.74 Å². The van der Waals surface area contributed by atoms with Crippen molar-refractivity contribution in [3.8, 4) is 0 Å². The number of benzene rings is 1. The van der Waals surface area contributed by atoms with E-state index in [9.17, 15) is 8.42 Å². The number of aromatic nitrogens is 1. The summed E-state index contributed by atoms with van der Waals surface area (Å²) in [7, 11) is -3.22. The van der Waals surface area contributed by atoms with Crippen LogP contribution in [0.4, 0.5) is 0 Å². The quantitative estimate of drug-likeness (QED) is 0.785. The lowest BCUT2D eigenvalue weighted by Crippen LogP contribution is -2.40. The van der Waals surface area contributed by atoms with Gasteiger partial charge in [-0.15, -0.1) is 11.3 Å². The van der Waals surface area contributed by atoms with E-state index in [0.717, 1.165) is 23.4 Å². The number of thiazole rings is 1. The van der Waals surface area contributed by atoms with Crippen molar-refractivity contribution < 1.29 is 13.2 Å². The molecule has 0 saturated carbocycles. The molecule has 1 aliphatic heterocycles. The number of rotatable bonds is 6. The molecule has 0 N–H and O–H groups in total. The van der Waals surface area contributed by atoms with Crippen molar-refractivity contribution in [2.45, 2.75) is 38.7 Å². The first-order valence-electron chi connectivity index (χ1n) is 8.40. The third-order valence-electron chi connectivity index (χ3n) is 4.30. The molecule has 2 aromatic rings. The van der Waals surface area contributed by atoms with Crippen molar-refractivity contribution in [3.05, 3.63) is 29.3 Å². The molecule has 0 aliphatic carbocycles. The van der Waals surface area contributed by atoms with Crippen LogP contribution in [-0.2, 0) is 14.8 Å². The number of fused-ring (bicyclic) bond motifs is 1. The number of para-hydroxylation sites is 1. The highest BCUT2D eigenvalue weighted by atomic mass is 32.2. The van der Waals surface area contributed by atoms with Crippen LogP contribution in [-0.4, -0.2) is 49.3 Å². The van der Waals surface area contributed by atoms with Crippen LogP contribution in [0.25, 0.3) is 10.2 Å². The van der Waals surface area contributed by atoms with Crippen molar-refractivity contribution >= 4 is 31.6 Å². The zero-order valence-corrected chi connectivity index (χ0v) is 15.8. The van der Waals surface area contributed by atoms with Crippen molar-refractivity contribution in [3.63, 3.8) is 0 Å². The molecule has 0 spiro atoms. The van der Waals surface area contributed by atoms with Crippen molar-refractivity contribution in [2.75, 3.05) is 25.4 Å². The zero-order valence-electron chi connectivity index (χ0n) is 14.1. The number of hydrogen-bond donors (Lipinski definition) is 0. The summed E-state index contributed by atoms with van der Waals surface area (Å²) in [5, 5.41) is 1.14. The molecule has 1 aromatic carbocycles. The number of sulfonamides is 1. The average molecular weight is 369 g/mol. The lowest BCUT2D eigenvalue weighted by atomic mass is 9.99. The maximum atomic E-state index is 12.4. The van der Waals surface area contributed by atoms with Gasteiger partial charge in [0.25, 0.3) is 0 Å². The van der Waals surface area contributed by atoms with Gasteiger partial charge in [0.1, 0.15) is 0 Å². The van der Waals surface area contributed by atoms with Gasteiger partial charge in [-0.3, -0.25) is 0 Å². The SMILES string of the molecule is CC(C)OCCS(=O)(=O)N1CCC(c2nc3ccccc3s2)CC1. The summed E-state index contributed by atoms with van der Waals surface area (Å²) in [5.41, 5.74) is 1.04. The van der Waals surface area contributed by atoms with E-state index in [1.165, 1.54) is 4.70 Å². The summed E-state index contributed by atoms with van der Waals surface area (Å²) in [4.78, 5) is 4.72. The minimum atomic E-state index is -3.22. The maximum absolute atomic E-state index is 12.4. The van der Waals surface area contributed by atoms with Gasteiger partial charge in [0.05, 0.1) is 33.7 Å². The Balaban J connectivity index is 1.59. The maximum Gasteiger partial charge on any atom is 0.216 e. The van der Waals surface area contributed by atoms with E-state index in [1.807, 2.05) is 32.0 Å². The lowest BCUT2D eigenvalue weighted by Gasteiger charge is -2.30. The summed E-state index contributed by atoms with van der Waals surface area (Å²) >= 11 is 1.73. The molecule has 0 unspecified atom stereocenters. The highest BCUT2D eigenvalue weighted by Gasteiger charge is 2.29. The number of nitrogens with zero attached hydrogens (tertiary/aromatic N) is 2. The molecule has 1 fully saturated rings. The van der Waals surface area contributed by atoms with Crippen LogP contribution in [0.5, 0.6) is 0 Å². The highest BCUT2D eigenvalue weighted by molar-refractivity contribution is 7.89. The molecule has 132 valence electrons. The molecule has 0 amide bonds. The van der Waals surface area contributed by atoms with E-state index < -0.39 is 10.0 Å². The molecule has 0 bridgehead atoms. The highest BCUT2D eigenvalue weighted by Crippen LogP contribution is 2.34. The molecular weight excluding hydrogens is 344 g/mol. The Hall–Kier alpha value is -1.02. The summed E-state index contributed by atoms with van der Waals surface area (Å²) in [5.74, 6) is 0.428. The van der Waals surface area contributed by atoms with Gasteiger partial charge in [0.2, 0.25) is 10.0 Å². The smallest absolute Gasteiger partial charge is 0.216 e. The molecule has 24 heavy (non-hydrogen) atoms. The van der Waals surface area contributed by atoms with Crippen LogP contribution in [0.15, 0.2) is 24.3 Å². The van der Waals surface area contributed by atoms with E-state index in [0.29, 0.717) is 19.0 Å². The minimum Gasteiger partial charge on any atom is -0.378 e. The van der Waals surface area contributed by atoms with Gasteiger partial charge in [-0.25, -0.2) is 17.7 Å². The first kappa shape index (κ1) is 17.8. The molecule has 7 heteroatoms. The predicted molar refractivity (Wildman–Crippen MR) is 98.0 cm³/mol. The number of piperidine rings is 1. The molecule has 3 rings (SSSR count). The van der Waals surface area contributed by atoms with Gasteiger partial charge in [0.15, 0.2) is 0 Å². The van der Waals surface area contributed by atoms with Crippen LogP contribution < -0.4 is 0 Å². The van der Waals surface area contributed by atoms with E-state index in [1.54, 1.807) is 15.6 Å². The second-order valence-electron chi connectivity index (χ2n) is 6.43. The molecular formula is C17H24N2O3S2. The van der Waals surface area contributed by atoms with Gasteiger partial charge in [-0.2, -0.15) is 0 Å². The fraction of sp³-hybridized carbons (Fsp3) is 0.588. The minimum absolute atomic E-state index is 0.0602. The van der Waals surface area contributed by atoms with Crippen LogP contribution in [0.1, 0.15) is 37.6 Å². The summed E-state index contributed by atoms with van der Waals surface area (Å²) in [6.45, 7) is 5.24. The van der Waals surface area contributed by atoms with E-state index in [4.69, 9.17) is 9.72 Å². The Labute approximate surface area is 147 Å². The molecule has 1 aliphatic rings. The Bertz CT molecular complexity index is 745. The lowest BCUT2D eigenvalue weighted by molar-refractivity contribution is 0.0905. The molecule has 1 saturated heterocycles. The predicted octanol–water partition coefficient (Wildman–Crippen LogP) is 3.23. The first-order valence-corrected chi connectivity index (χ1v) is 10.8.